The van der Waals surface area contributed by atoms with Gasteiger partial charge in [0, 0.05) is 17.5 Å². The third-order valence-corrected chi connectivity index (χ3v) is 4.78. The van der Waals surface area contributed by atoms with Crippen molar-refractivity contribution >= 4 is 23.2 Å². The molecule has 2 nitrogen and oxygen atoms in total. The van der Waals surface area contributed by atoms with Gasteiger partial charge in [-0.1, -0.05) is 24.6 Å². The number of rotatable bonds is 3. The number of benzene rings is 1. The Morgan fingerprint density at radius 1 is 1.28 bits per heavy atom. The van der Waals surface area contributed by atoms with Crippen LogP contribution in [0, 0.1) is 17.8 Å². The van der Waals surface area contributed by atoms with Crippen LogP contribution in [0.5, 0.6) is 0 Å². The molecule has 2 aliphatic rings. The van der Waals surface area contributed by atoms with E-state index in [0.717, 1.165) is 23.6 Å². The summed E-state index contributed by atoms with van der Waals surface area (Å²) in [7, 11) is 0. The minimum atomic E-state index is 0.194. The van der Waals surface area contributed by atoms with Crippen molar-refractivity contribution in [1.29, 1.82) is 0 Å². The number of anilines is 1. The van der Waals surface area contributed by atoms with Crippen LogP contribution in [0.3, 0.4) is 0 Å². The number of nitrogens with one attached hydrogen (secondary N) is 1. The number of para-hydroxylation sites is 1. The van der Waals surface area contributed by atoms with Crippen molar-refractivity contribution in [2.75, 3.05) is 5.32 Å². The van der Waals surface area contributed by atoms with Crippen LogP contribution in [-0.4, -0.2) is 5.91 Å². The molecule has 18 heavy (non-hydrogen) atoms. The first-order valence-electron chi connectivity index (χ1n) is 6.72. The van der Waals surface area contributed by atoms with Crippen LogP contribution >= 0.6 is 11.6 Å². The van der Waals surface area contributed by atoms with E-state index in [0.29, 0.717) is 11.8 Å². The van der Waals surface area contributed by atoms with E-state index in [1.165, 1.54) is 19.3 Å². The van der Waals surface area contributed by atoms with Gasteiger partial charge in [0.1, 0.15) is 0 Å². The van der Waals surface area contributed by atoms with Gasteiger partial charge in [0.15, 0.2) is 0 Å². The summed E-state index contributed by atoms with van der Waals surface area (Å²) in [4.78, 5) is 12.3. The molecule has 1 aromatic carbocycles. The predicted octanol–water partition coefficient (Wildman–Crippen LogP) is 3.80. The zero-order chi connectivity index (χ0) is 12.5. The number of alkyl halides is 1. The van der Waals surface area contributed by atoms with Crippen LogP contribution in [0.4, 0.5) is 5.69 Å². The molecule has 3 atom stereocenters. The second-order valence-corrected chi connectivity index (χ2v) is 5.83. The summed E-state index contributed by atoms with van der Waals surface area (Å²) in [5.41, 5.74) is 1.87. The van der Waals surface area contributed by atoms with Gasteiger partial charge in [0.25, 0.3) is 0 Å². The van der Waals surface area contributed by atoms with Crippen molar-refractivity contribution in [3.8, 4) is 0 Å². The minimum Gasteiger partial charge on any atom is -0.326 e. The lowest BCUT2D eigenvalue weighted by Crippen LogP contribution is -2.27. The van der Waals surface area contributed by atoms with Crippen molar-refractivity contribution in [2.24, 2.45) is 17.8 Å². The van der Waals surface area contributed by atoms with Gasteiger partial charge in [-0.3, -0.25) is 4.79 Å². The Hall–Kier alpha value is -1.02. The summed E-state index contributed by atoms with van der Waals surface area (Å²) in [5, 5.41) is 3.06. The molecular formula is C15H18ClNO. The van der Waals surface area contributed by atoms with Gasteiger partial charge in [0.2, 0.25) is 5.91 Å². The Morgan fingerprint density at radius 3 is 2.78 bits per heavy atom. The van der Waals surface area contributed by atoms with E-state index in [1.54, 1.807) is 0 Å². The van der Waals surface area contributed by atoms with E-state index in [1.807, 2.05) is 24.3 Å². The average molecular weight is 264 g/mol. The predicted molar refractivity (Wildman–Crippen MR) is 73.6 cm³/mol. The van der Waals surface area contributed by atoms with E-state index in [2.05, 4.69) is 5.32 Å². The average Bonchev–Trinajstić information content (AvgIpc) is 3.01. The molecule has 0 spiro atoms. The largest absolute Gasteiger partial charge is 0.326 e. The maximum absolute atomic E-state index is 12.3. The van der Waals surface area contributed by atoms with E-state index >= 15 is 0 Å². The Morgan fingerprint density at radius 2 is 2.11 bits per heavy atom. The maximum Gasteiger partial charge on any atom is 0.227 e. The van der Waals surface area contributed by atoms with Gasteiger partial charge in [0.05, 0.1) is 0 Å². The third kappa shape index (κ3) is 2.14. The molecule has 1 aromatic rings. The fraction of sp³-hybridized carbons (Fsp3) is 0.533. The van der Waals surface area contributed by atoms with Crippen molar-refractivity contribution in [2.45, 2.75) is 31.6 Å². The van der Waals surface area contributed by atoms with Gasteiger partial charge < -0.3 is 5.32 Å². The number of amides is 1. The summed E-state index contributed by atoms with van der Waals surface area (Å²) < 4.78 is 0. The summed E-state index contributed by atoms with van der Waals surface area (Å²) in [5.74, 6) is 2.28. The molecule has 0 aliphatic heterocycles. The zero-order valence-electron chi connectivity index (χ0n) is 10.4. The second kappa shape index (κ2) is 4.93. The number of hydrogen-bond donors (Lipinski definition) is 1. The molecule has 0 aromatic heterocycles. The maximum atomic E-state index is 12.3. The SMILES string of the molecule is O=C(Nc1ccccc1CCl)C1CC2CCC1C2. The number of fused-ring (bicyclic) bond motifs is 2. The second-order valence-electron chi connectivity index (χ2n) is 5.56. The number of carbonyl (C=O) groups excluding carboxylic acids is 1. The Labute approximate surface area is 113 Å². The normalized spacial score (nSPS) is 29.5. The van der Waals surface area contributed by atoms with Crippen LogP contribution < -0.4 is 5.32 Å². The van der Waals surface area contributed by atoms with Crippen LogP contribution in [0.25, 0.3) is 0 Å². The van der Waals surface area contributed by atoms with E-state index in [-0.39, 0.29) is 11.8 Å². The van der Waals surface area contributed by atoms with Gasteiger partial charge in [-0.2, -0.15) is 0 Å². The lowest BCUT2D eigenvalue weighted by atomic mass is 9.88. The van der Waals surface area contributed by atoms with E-state index < -0.39 is 0 Å². The van der Waals surface area contributed by atoms with Crippen molar-refractivity contribution < 1.29 is 4.79 Å². The lowest BCUT2D eigenvalue weighted by molar-refractivity contribution is -0.121. The van der Waals surface area contributed by atoms with Crippen molar-refractivity contribution in [3.05, 3.63) is 29.8 Å². The molecule has 0 saturated heterocycles. The highest BCUT2D eigenvalue weighted by atomic mass is 35.5. The molecule has 96 valence electrons. The molecule has 1 N–H and O–H groups in total. The molecule has 1 amide bonds. The van der Waals surface area contributed by atoms with Crippen LogP contribution in [0.2, 0.25) is 0 Å². The molecule has 3 heteroatoms. The number of carbonyl (C=O) groups is 1. The van der Waals surface area contributed by atoms with Crippen molar-refractivity contribution in [3.63, 3.8) is 0 Å². The van der Waals surface area contributed by atoms with Crippen LogP contribution in [0.15, 0.2) is 24.3 Å². The van der Waals surface area contributed by atoms with Crippen LogP contribution in [-0.2, 0) is 10.7 Å². The fourth-order valence-electron chi connectivity index (χ4n) is 3.55. The Kier molecular flexibility index (Phi) is 3.29. The fourth-order valence-corrected chi connectivity index (χ4v) is 3.78. The molecular weight excluding hydrogens is 246 g/mol. The summed E-state index contributed by atoms with van der Waals surface area (Å²) >= 11 is 5.89. The molecule has 3 unspecified atom stereocenters. The minimum absolute atomic E-state index is 0.194. The number of halogens is 1. The van der Waals surface area contributed by atoms with Gasteiger partial charge in [-0.05, 0) is 42.7 Å². The standard InChI is InChI=1S/C15H18ClNO/c16-9-12-3-1-2-4-14(12)17-15(18)13-8-10-5-6-11(13)7-10/h1-4,10-11,13H,5-9H2,(H,17,18). The zero-order valence-corrected chi connectivity index (χ0v) is 11.1. The van der Waals surface area contributed by atoms with Crippen molar-refractivity contribution in [1.82, 2.24) is 0 Å². The smallest absolute Gasteiger partial charge is 0.227 e. The first-order chi connectivity index (χ1) is 8.78. The molecule has 0 radical (unpaired) electrons. The van der Waals surface area contributed by atoms with Gasteiger partial charge >= 0.3 is 0 Å². The van der Waals surface area contributed by atoms with E-state index in [4.69, 9.17) is 11.6 Å². The molecule has 2 saturated carbocycles. The highest BCUT2D eigenvalue weighted by Gasteiger charge is 2.43. The molecule has 2 aliphatic carbocycles. The Balaban J connectivity index is 1.71. The first kappa shape index (κ1) is 12.0. The molecule has 0 heterocycles. The molecule has 3 rings (SSSR count). The third-order valence-electron chi connectivity index (χ3n) is 4.49. The van der Waals surface area contributed by atoms with Gasteiger partial charge in [-0.15, -0.1) is 11.6 Å². The quantitative estimate of drug-likeness (QED) is 0.826. The van der Waals surface area contributed by atoms with Gasteiger partial charge in [-0.25, -0.2) is 0 Å². The topological polar surface area (TPSA) is 29.1 Å². The summed E-state index contributed by atoms with van der Waals surface area (Å²) in [6.45, 7) is 0. The Bertz CT molecular complexity index is 460. The highest BCUT2D eigenvalue weighted by Crippen LogP contribution is 2.48. The lowest BCUT2D eigenvalue weighted by Gasteiger charge is -2.21. The summed E-state index contributed by atoms with van der Waals surface area (Å²) in [6.07, 6.45) is 4.90. The summed E-state index contributed by atoms with van der Waals surface area (Å²) in [6, 6.07) is 7.78. The number of hydrogen-bond acceptors (Lipinski definition) is 1. The highest BCUT2D eigenvalue weighted by molar-refractivity contribution is 6.17. The first-order valence-corrected chi connectivity index (χ1v) is 7.26. The molecule has 2 fully saturated rings. The van der Waals surface area contributed by atoms with E-state index in [9.17, 15) is 4.79 Å². The monoisotopic (exact) mass is 263 g/mol. The molecule has 2 bridgehead atoms. The van der Waals surface area contributed by atoms with Crippen LogP contribution in [0.1, 0.15) is 31.2 Å².